The highest BCUT2D eigenvalue weighted by atomic mass is 35.5. The van der Waals surface area contributed by atoms with Gasteiger partial charge in [0.2, 0.25) is 0 Å². The standard InChI is InChI=1S/C16H15ClN4/c1-10-7-8-11(17)14(9-10)21-16-15(18-2)19-12-5-3-4-6-13(12)20-16/h3-9H,1-2H3,(H,18,19)(H,20,21). The number of aromatic nitrogens is 2. The number of anilines is 3. The second-order valence-electron chi connectivity index (χ2n) is 4.77. The number of aryl methyl sites for hydroxylation is 1. The van der Waals surface area contributed by atoms with Crippen molar-refractivity contribution in [3.8, 4) is 0 Å². The molecule has 4 nitrogen and oxygen atoms in total. The van der Waals surface area contributed by atoms with E-state index in [9.17, 15) is 0 Å². The molecule has 0 aliphatic heterocycles. The summed E-state index contributed by atoms with van der Waals surface area (Å²) in [6.45, 7) is 2.02. The molecule has 0 aliphatic rings. The Morgan fingerprint density at radius 2 is 1.62 bits per heavy atom. The minimum atomic E-state index is 0.651. The summed E-state index contributed by atoms with van der Waals surface area (Å²) in [7, 11) is 1.82. The van der Waals surface area contributed by atoms with E-state index in [1.54, 1.807) is 0 Å². The van der Waals surface area contributed by atoms with Gasteiger partial charge >= 0.3 is 0 Å². The van der Waals surface area contributed by atoms with E-state index in [0.717, 1.165) is 22.3 Å². The van der Waals surface area contributed by atoms with Crippen LogP contribution in [0.25, 0.3) is 11.0 Å². The summed E-state index contributed by atoms with van der Waals surface area (Å²) in [5, 5.41) is 6.97. The number of para-hydroxylation sites is 2. The average Bonchev–Trinajstić information content (AvgIpc) is 2.50. The fourth-order valence-corrected chi connectivity index (χ4v) is 2.29. The molecule has 0 fully saturated rings. The summed E-state index contributed by atoms with van der Waals surface area (Å²) in [5.74, 6) is 1.34. The molecule has 2 aromatic carbocycles. The third kappa shape index (κ3) is 2.76. The van der Waals surface area contributed by atoms with Gasteiger partial charge in [0.25, 0.3) is 0 Å². The van der Waals surface area contributed by atoms with Crippen molar-refractivity contribution in [1.29, 1.82) is 0 Å². The normalized spacial score (nSPS) is 10.6. The molecule has 0 radical (unpaired) electrons. The molecule has 0 saturated heterocycles. The third-order valence-electron chi connectivity index (χ3n) is 3.18. The molecular weight excluding hydrogens is 284 g/mol. The molecule has 21 heavy (non-hydrogen) atoms. The quantitative estimate of drug-likeness (QED) is 0.753. The maximum Gasteiger partial charge on any atom is 0.174 e. The Balaban J connectivity index is 2.08. The topological polar surface area (TPSA) is 49.8 Å². The highest BCUT2D eigenvalue weighted by Crippen LogP contribution is 2.29. The molecule has 106 valence electrons. The van der Waals surface area contributed by atoms with Crippen molar-refractivity contribution >= 4 is 40.0 Å². The molecule has 2 N–H and O–H groups in total. The van der Waals surface area contributed by atoms with Crippen LogP contribution in [0.5, 0.6) is 0 Å². The van der Waals surface area contributed by atoms with Crippen LogP contribution in [0.4, 0.5) is 17.3 Å². The number of rotatable bonds is 3. The first-order chi connectivity index (χ1) is 10.2. The lowest BCUT2D eigenvalue weighted by Gasteiger charge is -2.13. The number of nitrogens with zero attached hydrogens (tertiary/aromatic N) is 2. The van der Waals surface area contributed by atoms with E-state index in [2.05, 4.69) is 20.6 Å². The molecule has 1 heterocycles. The molecule has 3 rings (SSSR count). The van der Waals surface area contributed by atoms with E-state index in [1.165, 1.54) is 0 Å². The van der Waals surface area contributed by atoms with Gasteiger partial charge in [-0.25, -0.2) is 9.97 Å². The molecule has 0 unspecified atom stereocenters. The molecule has 3 aromatic rings. The van der Waals surface area contributed by atoms with E-state index < -0.39 is 0 Å². The van der Waals surface area contributed by atoms with Gasteiger partial charge in [0.1, 0.15) is 0 Å². The van der Waals surface area contributed by atoms with Crippen molar-refractivity contribution in [2.45, 2.75) is 6.92 Å². The Kier molecular flexibility index (Phi) is 3.62. The second-order valence-corrected chi connectivity index (χ2v) is 5.18. The van der Waals surface area contributed by atoms with Gasteiger partial charge in [0.15, 0.2) is 11.6 Å². The zero-order chi connectivity index (χ0) is 14.8. The van der Waals surface area contributed by atoms with Crippen molar-refractivity contribution < 1.29 is 0 Å². The molecule has 0 saturated carbocycles. The van der Waals surface area contributed by atoms with Gasteiger partial charge in [-0.2, -0.15) is 0 Å². The van der Waals surface area contributed by atoms with Crippen LogP contribution in [-0.2, 0) is 0 Å². The van der Waals surface area contributed by atoms with Crippen LogP contribution in [0.1, 0.15) is 5.56 Å². The maximum atomic E-state index is 6.23. The Morgan fingerprint density at radius 3 is 2.29 bits per heavy atom. The van der Waals surface area contributed by atoms with Crippen molar-refractivity contribution in [3.05, 3.63) is 53.1 Å². The Labute approximate surface area is 128 Å². The zero-order valence-electron chi connectivity index (χ0n) is 11.8. The first-order valence-corrected chi connectivity index (χ1v) is 7.03. The van der Waals surface area contributed by atoms with E-state index >= 15 is 0 Å². The molecule has 0 aliphatic carbocycles. The Bertz CT molecular complexity index is 801. The van der Waals surface area contributed by atoms with Gasteiger partial charge in [-0.15, -0.1) is 0 Å². The lowest BCUT2D eigenvalue weighted by Crippen LogP contribution is -2.03. The number of fused-ring (bicyclic) bond motifs is 1. The Hall–Kier alpha value is -2.33. The van der Waals surface area contributed by atoms with Crippen molar-refractivity contribution in [2.75, 3.05) is 17.7 Å². The van der Waals surface area contributed by atoms with Gasteiger partial charge in [-0.1, -0.05) is 29.8 Å². The summed E-state index contributed by atoms with van der Waals surface area (Å²) < 4.78 is 0. The highest BCUT2D eigenvalue weighted by Gasteiger charge is 2.09. The average molecular weight is 299 g/mol. The van der Waals surface area contributed by atoms with Crippen LogP contribution in [0.3, 0.4) is 0 Å². The predicted octanol–water partition coefficient (Wildman–Crippen LogP) is 4.38. The largest absolute Gasteiger partial charge is 0.370 e. The summed E-state index contributed by atoms with van der Waals surface area (Å²) in [6.07, 6.45) is 0. The Morgan fingerprint density at radius 1 is 0.952 bits per heavy atom. The van der Waals surface area contributed by atoms with Gasteiger partial charge in [-0.05, 0) is 36.8 Å². The van der Waals surface area contributed by atoms with E-state index in [1.807, 2.05) is 56.4 Å². The summed E-state index contributed by atoms with van der Waals surface area (Å²) >= 11 is 6.23. The number of halogens is 1. The third-order valence-corrected chi connectivity index (χ3v) is 3.51. The number of benzene rings is 2. The number of hydrogen-bond donors (Lipinski definition) is 2. The van der Waals surface area contributed by atoms with Gasteiger partial charge < -0.3 is 10.6 Å². The zero-order valence-corrected chi connectivity index (χ0v) is 12.6. The fraction of sp³-hybridized carbons (Fsp3) is 0.125. The van der Waals surface area contributed by atoms with Gasteiger partial charge in [-0.3, -0.25) is 0 Å². The number of nitrogens with one attached hydrogen (secondary N) is 2. The highest BCUT2D eigenvalue weighted by molar-refractivity contribution is 6.33. The van der Waals surface area contributed by atoms with Crippen LogP contribution in [-0.4, -0.2) is 17.0 Å². The number of hydrogen-bond acceptors (Lipinski definition) is 4. The van der Waals surface area contributed by atoms with Gasteiger partial charge in [0.05, 0.1) is 21.7 Å². The van der Waals surface area contributed by atoms with E-state index in [4.69, 9.17) is 11.6 Å². The predicted molar refractivity (Wildman–Crippen MR) is 88.6 cm³/mol. The lowest BCUT2D eigenvalue weighted by molar-refractivity contribution is 1.25. The molecule has 5 heteroatoms. The second kappa shape index (κ2) is 5.58. The molecule has 0 spiro atoms. The van der Waals surface area contributed by atoms with Gasteiger partial charge in [0, 0.05) is 7.05 Å². The van der Waals surface area contributed by atoms with Crippen LogP contribution in [0, 0.1) is 6.92 Å². The SMILES string of the molecule is CNc1nc2ccccc2nc1Nc1cc(C)ccc1Cl. The molecule has 0 amide bonds. The molecule has 0 bridgehead atoms. The maximum absolute atomic E-state index is 6.23. The summed E-state index contributed by atoms with van der Waals surface area (Å²) in [5.41, 5.74) is 3.63. The van der Waals surface area contributed by atoms with Crippen LogP contribution >= 0.6 is 11.6 Å². The van der Waals surface area contributed by atoms with Crippen LogP contribution < -0.4 is 10.6 Å². The van der Waals surface area contributed by atoms with Crippen LogP contribution in [0.15, 0.2) is 42.5 Å². The fourth-order valence-electron chi connectivity index (χ4n) is 2.12. The summed E-state index contributed by atoms with van der Waals surface area (Å²) in [6, 6.07) is 13.6. The summed E-state index contributed by atoms with van der Waals surface area (Å²) in [4.78, 5) is 9.18. The minimum absolute atomic E-state index is 0.651. The minimum Gasteiger partial charge on any atom is -0.370 e. The molecular formula is C16H15ClN4. The van der Waals surface area contributed by atoms with Crippen molar-refractivity contribution in [2.24, 2.45) is 0 Å². The smallest absolute Gasteiger partial charge is 0.174 e. The van der Waals surface area contributed by atoms with E-state index in [0.29, 0.717) is 16.7 Å². The first kappa shape index (κ1) is 13.6. The van der Waals surface area contributed by atoms with Crippen molar-refractivity contribution in [3.63, 3.8) is 0 Å². The lowest BCUT2D eigenvalue weighted by atomic mass is 10.2. The molecule has 0 atom stereocenters. The first-order valence-electron chi connectivity index (χ1n) is 6.65. The molecule has 1 aromatic heterocycles. The monoisotopic (exact) mass is 298 g/mol. The van der Waals surface area contributed by atoms with E-state index in [-0.39, 0.29) is 0 Å². The van der Waals surface area contributed by atoms with Crippen molar-refractivity contribution in [1.82, 2.24) is 9.97 Å². The van der Waals surface area contributed by atoms with Crippen LogP contribution in [0.2, 0.25) is 5.02 Å².